The number of rotatable bonds is 6. The highest BCUT2D eigenvalue weighted by Crippen LogP contribution is 2.12. The third-order valence-electron chi connectivity index (χ3n) is 2.81. The average molecular weight is 275 g/mol. The number of anilines is 1. The van der Waals surface area contributed by atoms with Crippen molar-refractivity contribution in [3.8, 4) is 5.69 Å². The Labute approximate surface area is 116 Å². The first-order valence-electron chi connectivity index (χ1n) is 6.22. The van der Waals surface area contributed by atoms with Crippen LogP contribution in [0.3, 0.4) is 0 Å². The lowest BCUT2D eigenvalue weighted by Gasteiger charge is -2.12. The second kappa shape index (κ2) is 6.78. The second-order valence-electron chi connectivity index (χ2n) is 4.21. The predicted molar refractivity (Wildman–Crippen MR) is 74.5 cm³/mol. The van der Waals surface area contributed by atoms with Crippen LogP contribution in [0.4, 0.5) is 5.69 Å². The zero-order valence-corrected chi connectivity index (χ0v) is 11.2. The van der Waals surface area contributed by atoms with Gasteiger partial charge in [-0.15, -0.1) is 0 Å². The third kappa shape index (κ3) is 3.62. The van der Waals surface area contributed by atoms with Crippen molar-refractivity contribution in [1.29, 1.82) is 0 Å². The molecule has 1 aromatic carbocycles. The Kier molecular flexibility index (Phi) is 4.80. The van der Waals surface area contributed by atoms with Crippen molar-refractivity contribution >= 4 is 11.6 Å². The molecule has 1 amide bonds. The van der Waals surface area contributed by atoms with Crippen molar-refractivity contribution in [2.45, 2.75) is 12.5 Å². The molecule has 7 heteroatoms. The lowest BCUT2D eigenvalue weighted by molar-refractivity contribution is -0.118. The van der Waals surface area contributed by atoms with E-state index in [4.69, 9.17) is 10.5 Å². The summed E-state index contributed by atoms with van der Waals surface area (Å²) in [6, 6.07) is 7.24. The van der Waals surface area contributed by atoms with Gasteiger partial charge in [0.1, 0.15) is 0 Å². The van der Waals surface area contributed by atoms with Crippen molar-refractivity contribution in [3.63, 3.8) is 0 Å². The highest BCUT2D eigenvalue weighted by atomic mass is 16.5. The van der Waals surface area contributed by atoms with Crippen molar-refractivity contribution < 1.29 is 9.53 Å². The number of carbonyl (C=O) groups excluding carboxylic acids is 1. The van der Waals surface area contributed by atoms with Gasteiger partial charge in [-0.05, 0) is 24.3 Å². The Morgan fingerprint density at radius 3 is 2.55 bits per heavy atom. The minimum Gasteiger partial charge on any atom is -0.380 e. The number of methoxy groups -OCH3 is 1. The van der Waals surface area contributed by atoms with Crippen LogP contribution in [-0.2, 0) is 9.53 Å². The van der Waals surface area contributed by atoms with Crippen LogP contribution in [0, 0.1) is 0 Å². The first-order chi connectivity index (χ1) is 9.72. The van der Waals surface area contributed by atoms with Gasteiger partial charge in [0, 0.05) is 19.3 Å². The molecule has 2 aromatic rings. The molecule has 0 saturated heterocycles. The highest BCUT2D eigenvalue weighted by molar-refractivity contribution is 5.91. The van der Waals surface area contributed by atoms with Crippen LogP contribution in [0.15, 0.2) is 36.7 Å². The van der Waals surface area contributed by atoms with E-state index in [2.05, 4.69) is 15.5 Å². The predicted octanol–water partition coefficient (Wildman–Crippen LogP) is 0.570. The van der Waals surface area contributed by atoms with Crippen LogP contribution in [0.5, 0.6) is 0 Å². The van der Waals surface area contributed by atoms with Gasteiger partial charge < -0.3 is 15.8 Å². The van der Waals surface area contributed by atoms with E-state index < -0.39 is 0 Å². The summed E-state index contributed by atoms with van der Waals surface area (Å²) in [4.78, 5) is 13.3. The van der Waals surface area contributed by atoms with E-state index in [1.54, 1.807) is 24.5 Å². The fourth-order valence-electron chi connectivity index (χ4n) is 1.71. The fourth-order valence-corrected chi connectivity index (χ4v) is 1.71. The molecular formula is C13H17N5O2. The van der Waals surface area contributed by atoms with E-state index in [0.29, 0.717) is 12.2 Å². The van der Waals surface area contributed by atoms with Crippen LogP contribution in [0.1, 0.15) is 6.42 Å². The molecular weight excluding hydrogens is 258 g/mol. The minimum absolute atomic E-state index is 0.132. The standard InChI is InChI=1S/C13H17N5O2/c1-20-12(9-14)8-13(19)17-10-2-4-11(5-3-10)18-15-6-7-16-18/h2-7,12H,8-9,14H2,1H3,(H,17,19). The van der Waals surface area contributed by atoms with Crippen molar-refractivity contribution in [2.75, 3.05) is 19.0 Å². The topological polar surface area (TPSA) is 95.1 Å². The summed E-state index contributed by atoms with van der Waals surface area (Å²) in [6.07, 6.45) is 3.18. The maximum atomic E-state index is 11.8. The maximum Gasteiger partial charge on any atom is 0.227 e. The molecule has 0 spiro atoms. The van der Waals surface area contributed by atoms with E-state index >= 15 is 0 Å². The van der Waals surface area contributed by atoms with Crippen LogP contribution in [0.2, 0.25) is 0 Å². The first-order valence-corrected chi connectivity index (χ1v) is 6.22. The summed E-state index contributed by atoms with van der Waals surface area (Å²) < 4.78 is 5.07. The number of nitrogens with two attached hydrogens (primary N) is 1. The quantitative estimate of drug-likeness (QED) is 0.803. The molecule has 20 heavy (non-hydrogen) atoms. The zero-order valence-electron chi connectivity index (χ0n) is 11.2. The SMILES string of the molecule is COC(CN)CC(=O)Nc1ccc(-n2nccn2)cc1. The number of ether oxygens (including phenoxy) is 1. The molecule has 0 aliphatic carbocycles. The van der Waals surface area contributed by atoms with Gasteiger partial charge >= 0.3 is 0 Å². The monoisotopic (exact) mass is 275 g/mol. The summed E-state index contributed by atoms with van der Waals surface area (Å²) in [5.74, 6) is -0.132. The van der Waals surface area contributed by atoms with Crippen LogP contribution >= 0.6 is 0 Å². The molecule has 2 rings (SSSR count). The number of hydrogen-bond acceptors (Lipinski definition) is 5. The molecule has 0 fully saturated rings. The molecule has 0 bridgehead atoms. The van der Waals surface area contributed by atoms with Gasteiger partial charge in [-0.2, -0.15) is 15.0 Å². The summed E-state index contributed by atoms with van der Waals surface area (Å²) in [5.41, 5.74) is 7.01. The molecule has 1 heterocycles. The molecule has 106 valence electrons. The van der Waals surface area contributed by atoms with Crippen molar-refractivity contribution in [2.24, 2.45) is 5.73 Å². The molecule has 0 aliphatic rings. The van der Waals surface area contributed by atoms with Crippen molar-refractivity contribution in [1.82, 2.24) is 15.0 Å². The largest absolute Gasteiger partial charge is 0.380 e. The molecule has 3 N–H and O–H groups in total. The highest BCUT2D eigenvalue weighted by Gasteiger charge is 2.11. The normalized spacial score (nSPS) is 12.1. The Morgan fingerprint density at radius 2 is 2.00 bits per heavy atom. The van der Waals surface area contributed by atoms with Crippen LogP contribution < -0.4 is 11.1 Å². The van der Waals surface area contributed by atoms with E-state index in [9.17, 15) is 4.79 Å². The number of amides is 1. The lowest BCUT2D eigenvalue weighted by Crippen LogP contribution is -2.28. The average Bonchev–Trinajstić information content (AvgIpc) is 2.99. The number of nitrogens with zero attached hydrogens (tertiary/aromatic N) is 3. The van der Waals surface area contributed by atoms with Crippen LogP contribution in [-0.4, -0.2) is 40.7 Å². The maximum absolute atomic E-state index is 11.8. The van der Waals surface area contributed by atoms with E-state index in [1.165, 1.54) is 11.9 Å². The van der Waals surface area contributed by atoms with Gasteiger partial charge in [0.15, 0.2) is 0 Å². The van der Waals surface area contributed by atoms with E-state index in [0.717, 1.165) is 5.69 Å². The van der Waals surface area contributed by atoms with Gasteiger partial charge in [0.2, 0.25) is 5.91 Å². The van der Waals surface area contributed by atoms with Gasteiger partial charge in [-0.25, -0.2) is 0 Å². The summed E-state index contributed by atoms with van der Waals surface area (Å²) in [7, 11) is 1.54. The first kappa shape index (κ1) is 14.2. The van der Waals surface area contributed by atoms with Gasteiger partial charge in [-0.3, -0.25) is 4.79 Å². The van der Waals surface area contributed by atoms with Gasteiger partial charge in [0.05, 0.1) is 30.6 Å². The Bertz CT molecular complexity index is 534. The molecule has 1 aromatic heterocycles. The Morgan fingerprint density at radius 1 is 1.35 bits per heavy atom. The number of carbonyl (C=O) groups is 1. The smallest absolute Gasteiger partial charge is 0.227 e. The molecule has 0 aliphatic heterocycles. The van der Waals surface area contributed by atoms with Crippen molar-refractivity contribution in [3.05, 3.63) is 36.7 Å². The molecule has 1 atom stereocenters. The lowest BCUT2D eigenvalue weighted by atomic mass is 10.2. The van der Waals surface area contributed by atoms with E-state index in [-0.39, 0.29) is 18.4 Å². The van der Waals surface area contributed by atoms with E-state index in [1.807, 2.05) is 12.1 Å². The van der Waals surface area contributed by atoms with Gasteiger partial charge in [0.25, 0.3) is 0 Å². The Hall–Kier alpha value is -2.25. The summed E-state index contributed by atoms with van der Waals surface area (Å²) in [6.45, 7) is 0.313. The number of aromatic nitrogens is 3. The van der Waals surface area contributed by atoms with Gasteiger partial charge in [-0.1, -0.05) is 0 Å². The fraction of sp³-hybridized carbons (Fsp3) is 0.308. The summed E-state index contributed by atoms with van der Waals surface area (Å²) >= 11 is 0. The Balaban J connectivity index is 1.95. The molecule has 7 nitrogen and oxygen atoms in total. The number of hydrogen-bond donors (Lipinski definition) is 2. The number of nitrogens with one attached hydrogen (secondary N) is 1. The molecule has 1 unspecified atom stereocenters. The molecule has 0 saturated carbocycles. The number of benzene rings is 1. The zero-order chi connectivity index (χ0) is 14.4. The van der Waals surface area contributed by atoms with Crippen LogP contribution in [0.25, 0.3) is 5.69 Å². The third-order valence-corrected chi connectivity index (χ3v) is 2.81. The molecule has 0 radical (unpaired) electrons. The second-order valence-corrected chi connectivity index (χ2v) is 4.21. The summed E-state index contributed by atoms with van der Waals surface area (Å²) in [5, 5.41) is 10.8. The minimum atomic E-state index is -0.262.